The second-order valence-corrected chi connectivity index (χ2v) is 2.59. The minimum Gasteiger partial charge on any atom is -0.293 e. The van der Waals surface area contributed by atoms with Crippen molar-refractivity contribution in [2.24, 2.45) is 0 Å². The smallest absolute Gasteiger partial charge is 0.293 e. The molecule has 0 radical (unpaired) electrons. The van der Waals surface area contributed by atoms with Gasteiger partial charge >= 0.3 is 0 Å². The lowest BCUT2D eigenvalue weighted by atomic mass is 10.2. The molecule has 0 fully saturated rings. The second kappa shape index (κ2) is 4.99. The quantitative estimate of drug-likeness (QED) is 0.580. The van der Waals surface area contributed by atoms with Crippen molar-refractivity contribution >= 4 is 5.78 Å². The highest BCUT2D eigenvalue weighted by molar-refractivity contribution is 5.81. The van der Waals surface area contributed by atoms with Gasteiger partial charge in [0, 0.05) is 6.42 Å². The molecule has 3 heteroatoms. The maximum atomic E-state index is 11.6. The maximum Gasteiger partial charge on any atom is 0.295 e. The molecule has 0 unspecified atom stereocenters. The Labute approximate surface area is 65.1 Å². The zero-order valence-electron chi connectivity index (χ0n) is 6.73. The van der Waals surface area contributed by atoms with Crippen molar-refractivity contribution in [3.8, 4) is 0 Å². The van der Waals surface area contributed by atoms with E-state index >= 15 is 0 Å². The minimum absolute atomic E-state index is 0.0527. The normalized spacial score (nSPS) is 9.91. The van der Waals surface area contributed by atoms with Gasteiger partial charge in [-0.15, -0.1) is 0 Å². The highest BCUT2D eigenvalue weighted by Crippen LogP contribution is 2.03. The molecule has 64 valence electrons. The number of hydrogen-bond donors (Lipinski definition) is 0. The number of Topliss-reactive ketones (excluding diaryl/α,β-unsaturated/α-hetero) is 1. The predicted octanol–water partition coefficient (Wildman–Crippen LogP) is 2.57. The van der Waals surface area contributed by atoms with Crippen LogP contribution in [-0.4, -0.2) is 12.2 Å². The van der Waals surface area contributed by atoms with Crippen LogP contribution >= 0.6 is 0 Å². The van der Waals surface area contributed by atoms with Crippen LogP contribution in [0.15, 0.2) is 11.6 Å². The van der Waals surface area contributed by atoms with Gasteiger partial charge in [0.05, 0.1) is 0 Å². The molecule has 0 rings (SSSR count). The first kappa shape index (κ1) is 10.3. The van der Waals surface area contributed by atoms with Crippen LogP contribution in [0.4, 0.5) is 8.78 Å². The second-order valence-electron chi connectivity index (χ2n) is 2.59. The number of halogens is 2. The van der Waals surface area contributed by atoms with Crippen molar-refractivity contribution in [2.45, 2.75) is 33.1 Å². The molecular weight excluding hydrogens is 150 g/mol. The maximum absolute atomic E-state index is 11.6. The van der Waals surface area contributed by atoms with Gasteiger partial charge in [-0.2, -0.15) is 0 Å². The predicted molar refractivity (Wildman–Crippen MR) is 39.7 cm³/mol. The summed E-state index contributed by atoms with van der Waals surface area (Å²) in [5, 5.41) is 0. The SMILES string of the molecule is CC(C)=CCCC(=O)C(F)F. The minimum atomic E-state index is -2.81. The summed E-state index contributed by atoms with van der Waals surface area (Å²) >= 11 is 0. The number of hydrogen-bond acceptors (Lipinski definition) is 1. The van der Waals surface area contributed by atoms with Gasteiger partial charge in [-0.1, -0.05) is 11.6 Å². The van der Waals surface area contributed by atoms with Crippen molar-refractivity contribution in [2.75, 3.05) is 0 Å². The monoisotopic (exact) mass is 162 g/mol. The average molecular weight is 162 g/mol. The van der Waals surface area contributed by atoms with Crippen LogP contribution in [0.3, 0.4) is 0 Å². The molecule has 0 saturated carbocycles. The van der Waals surface area contributed by atoms with Gasteiger partial charge < -0.3 is 0 Å². The summed E-state index contributed by atoms with van der Waals surface area (Å²) in [6.45, 7) is 3.74. The number of carbonyl (C=O) groups is 1. The van der Waals surface area contributed by atoms with E-state index in [-0.39, 0.29) is 6.42 Å². The Morgan fingerprint density at radius 2 is 2.00 bits per heavy atom. The fourth-order valence-corrected chi connectivity index (χ4v) is 0.612. The number of allylic oxidation sites excluding steroid dienone is 2. The van der Waals surface area contributed by atoms with Crippen LogP contribution in [0.1, 0.15) is 26.7 Å². The molecule has 0 bridgehead atoms. The molecule has 1 nitrogen and oxygen atoms in total. The van der Waals surface area contributed by atoms with Crippen LogP contribution in [0.25, 0.3) is 0 Å². The molecule has 0 amide bonds. The lowest BCUT2D eigenvalue weighted by Crippen LogP contribution is -2.08. The summed E-state index contributed by atoms with van der Waals surface area (Å²) in [6.07, 6.45) is -0.658. The van der Waals surface area contributed by atoms with Crippen LogP contribution in [0.5, 0.6) is 0 Å². The van der Waals surface area contributed by atoms with Gasteiger partial charge in [0.2, 0.25) is 0 Å². The highest BCUT2D eigenvalue weighted by atomic mass is 19.3. The number of ketones is 1. The lowest BCUT2D eigenvalue weighted by molar-refractivity contribution is -0.129. The van der Waals surface area contributed by atoms with E-state index in [1.807, 2.05) is 13.8 Å². The van der Waals surface area contributed by atoms with Gasteiger partial charge in [0.15, 0.2) is 5.78 Å². The Morgan fingerprint density at radius 3 is 2.36 bits per heavy atom. The molecule has 0 aromatic heterocycles. The van der Waals surface area contributed by atoms with Crippen LogP contribution in [0, 0.1) is 0 Å². The summed E-state index contributed by atoms with van der Waals surface area (Å²) in [5.74, 6) is -0.970. The van der Waals surface area contributed by atoms with E-state index in [2.05, 4.69) is 0 Å². The van der Waals surface area contributed by atoms with Crippen molar-refractivity contribution in [3.63, 3.8) is 0 Å². The molecule has 0 aromatic rings. The molecular formula is C8H12F2O. The van der Waals surface area contributed by atoms with Crippen molar-refractivity contribution in [1.29, 1.82) is 0 Å². The number of carbonyl (C=O) groups excluding carboxylic acids is 1. The Hall–Kier alpha value is -0.730. The van der Waals surface area contributed by atoms with E-state index in [9.17, 15) is 13.6 Å². The Kier molecular flexibility index (Phi) is 4.66. The standard InChI is InChI=1S/C8H12F2O/c1-6(2)4-3-5-7(11)8(9)10/h4,8H,3,5H2,1-2H3. The van der Waals surface area contributed by atoms with Gasteiger partial charge in [-0.3, -0.25) is 4.79 Å². The van der Waals surface area contributed by atoms with E-state index in [1.165, 1.54) is 0 Å². The molecule has 0 aliphatic carbocycles. The highest BCUT2D eigenvalue weighted by Gasteiger charge is 2.12. The third-order valence-corrected chi connectivity index (χ3v) is 1.19. The summed E-state index contributed by atoms with van der Waals surface area (Å²) in [4.78, 5) is 10.3. The Bertz CT molecular complexity index is 157. The van der Waals surface area contributed by atoms with Crippen LogP contribution in [0.2, 0.25) is 0 Å². The first-order chi connectivity index (χ1) is 5.04. The average Bonchev–Trinajstić information content (AvgIpc) is 1.86. The van der Waals surface area contributed by atoms with Gasteiger partial charge in [-0.05, 0) is 20.3 Å². The number of rotatable bonds is 4. The molecule has 0 spiro atoms. The lowest BCUT2D eigenvalue weighted by Gasteiger charge is -1.95. The molecule has 0 aromatic carbocycles. The molecule has 0 aliphatic rings. The van der Waals surface area contributed by atoms with Gasteiger partial charge in [-0.25, -0.2) is 8.78 Å². The van der Waals surface area contributed by atoms with Crippen LogP contribution < -0.4 is 0 Å². The van der Waals surface area contributed by atoms with Crippen molar-refractivity contribution in [3.05, 3.63) is 11.6 Å². The molecule has 11 heavy (non-hydrogen) atoms. The first-order valence-corrected chi connectivity index (χ1v) is 3.48. The summed E-state index contributed by atoms with van der Waals surface area (Å²) in [6, 6.07) is 0. The van der Waals surface area contributed by atoms with E-state index in [1.54, 1.807) is 6.08 Å². The van der Waals surface area contributed by atoms with Crippen molar-refractivity contribution < 1.29 is 13.6 Å². The summed E-state index contributed by atoms with van der Waals surface area (Å²) in [5.41, 5.74) is 1.05. The summed E-state index contributed by atoms with van der Waals surface area (Å²) < 4.78 is 23.2. The fourth-order valence-electron chi connectivity index (χ4n) is 0.612. The molecule has 0 aliphatic heterocycles. The third kappa shape index (κ3) is 5.70. The number of alkyl halides is 2. The molecule has 0 heterocycles. The molecule has 0 saturated heterocycles. The zero-order valence-corrected chi connectivity index (χ0v) is 6.73. The van der Waals surface area contributed by atoms with E-state index < -0.39 is 12.2 Å². The third-order valence-electron chi connectivity index (χ3n) is 1.19. The Morgan fingerprint density at radius 1 is 1.45 bits per heavy atom. The van der Waals surface area contributed by atoms with Crippen LogP contribution in [-0.2, 0) is 4.79 Å². The Balaban J connectivity index is 3.56. The zero-order chi connectivity index (χ0) is 8.85. The largest absolute Gasteiger partial charge is 0.295 e. The van der Waals surface area contributed by atoms with Crippen molar-refractivity contribution in [1.82, 2.24) is 0 Å². The van der Waals surface area contributed by atoms with Gasteiger partial charge in [0.25, 0.3) is 6.43 Å². The summed E-state index contributed by atoms with van der Waals surface area (Å²) in [7, 11) is 0. The topological polar surface area (TPSA) is 17.1 Å². The fraction of sp³-hybridized carbons (Fsp3) is 0.625. The van der Waals surface area contributed by atoms with E-state index in [0.29, 0.717) is 6.42 Å². The van der Waals surface area contributed by atoms with E-state index in [4.69, 9.17) is 0 Å². The van der Waals surface area contributed by atoms with Gasteiger partial charge in [0.1, 0.15) is 0 Å². The molecule has 0 N–H and O–H groups in total. The first-order valence-electron chi connectivity index (χ1n) is 3.48. The van der Waals surface area contributed by atoms with E-state index in [0.717, 1.165) is 5.57 Å². The molecule has 0 atom stereocenters.